The highest BCUT2D eigenvalue weighted by atomic mass is 32.1. The first-order valence-corrected chi connectivity index (χ1v) is 6.01. The molecule has 1 aromatic carbocycles. The number of thiocarbonyl (C=S) groups is 1. The van der Waals surface area contributed by atoms with Gasteiger partial charge in [-0.3, -0.25) is 0 Å². The fourth-order valence-corrected chi connectivity index (χ4v) is 2.62. The fraction of sp³-hybridized carbons (Fsp3) is 0.0909. The highest BCUT2D eigenvalue weighted by molar-refractivity contribution is 7.80. The highest BCUT2D eigenvalue weighted by Gasteiger charge is 2.12. The average Bonchev–Trinajstić information content (AvgIpc) is 2.72. The van der Waals surface area contributed by atoms with E-state index in [4.69, 9.17) is 18.0 Å². The smallest absolute Gasteiger partial charge is 0.348 e. The molecule has 0 bridgehead atoms. The molecule has 0 aliphatic carbocycles. The Bertz CT molecular complexity index is 592. The maximum absolute atomic E-state index is 11.4. The maximum Gasteiger partial charge on any atom is 0.348 e. The van der Waals surface area contributed by atoms with E-state index < -0.39 is 0 Å². The normalized spacial score (nSPS) is 10.2. The Hall–Kier alpha value is -1.66. The van der Waals surface area contributed by atoms with E-state index in [1.165, 1.54) is 18.4 Å². The molecule has 0 radical (unpaired) electrons. The van der Waals surface area contributed by atoms with Gasteiger partial charge >= 0.3 is 5.97 Å². The van der Waals surface area contributed by atoms with Gasteiger partial charge in [-0.15, -0.1) is 11.3 Å². The number of fused-ring (bicyclic) bond motifs is 1. The number of carbonyl (C=O) groups excluding carboxylic acids is 1. The zero-order chi connectivity index (χ0) is 12.4. The molecule has 2 rings (SSSR count). The molecule has 0 saturated heterocycles. The summed E-state index contributed by atoms with van der Waals surface area (Å²) >= 11 is 6.17. The fourth-order valence-electron chi connectivity index (χ4n) is 1.50. The number of anilines is 1. The molecular weight excluding hydrogens is 256 g/mol. The van der Waals surface area contributed by atoms with E-state index in [1.54, 1.807) is 6.07 Å². The van der Waals surface area contributed by atoms with Gasteiger partial charge in [0.25, 0.3) is 0 Å². The summed E-state index contributed by atoms with van der Waals surface area (Å²) in [5, 5.41) is 3.99. The Morgan fingerprint density at radius 2 is 2.29 bits per heavy atom. The summed E-state index contributed by atoms with van der Waals surface area (Å²) in [6, 6.07) is 7.43. The third-order valence-electron chi connectivity index (χ3n) is 2.21. The van der Waals surface area contributed by atoms with E-state index >= 15 is 0 Å². The Morgan fingerprint density at radius 3 is 2.94 bits per heavy atom. The number of nitrogens with one attached hydrogen (secondary N) is 1. The van der Waals surface area contributed by atoms with E-state index in [0.717, 1.165) is 15.8 Å². The van der Waals surface area contributed by atoms with Crippen LogP contribution in [0.15, 0.2) is 24.3 Å². The van der Waals surface area contributed by atoms with Gasteiger partial charge < -0.3 is 15.8 Å². The van der Waals surface area contributed by atoms with Gasteiger partial charge in [0.1, 0.15) is 4.88 Å². The van der Waals surface area contributed by atoms with Crippen LogP contribution >= 0.6 is 23.6 Å². The summed E-state index contributed by atoms with van der Waals surface area (Å²) in [5.74, 6) is -0.340. The van der Waals surface area contributed by atoms with Crippen LogP contribution in [-0.2, 0) is 4.74 Å². The molecule has 1 heterocycles. The average molecular weight is 266 g/mol. The first-order chi connectivity index (χ1) is 8.11. The monoisotopic (exact) mass is 266 g/mol. The lowest BCUT2D eigenvalue weighted by atomic mass is 10.2. The number of thiophene rings is 1. The lowest BCUT2D eigenvalue weighted by molar-refractivity contribution is 0.0606. The molecule has 0 atom stereocenters. The highest BCUT2D eigenvalue weighted by Crippen LogP contribution is 2.31. The van der Waals surface area contributed by atoms with Crippen LogP contribution in [0.3, 0.4) is 0 Å². The van der Waals surface area contributed by atoms with Crippen molar-refractivity contribution in [1.82, 2.24) is 0 Å². The van der Waals surface area contributed by atoms with Crippen molar-refractivity contribution in [2.45, 2.75) is 0 Å². The molecule has 0 aliphatic rings. The van der Waals surface area contributed by atoms with Crippen LogP contribution in [-0.4, -0.2) is 18.2 Å². The van der Waals surface area contributed by atoms with Crippen molar-refractivity contribution in [1.29, 1.82) is 0 Å². The number of hydrogen-bond donors (Lipinski definition) is 2. The molecule has 2 aromatic rings. The summed E-state index contributed by atoms with van der Waals surface area (Å²) in [5.41, 5.74) is 6.23. The summed E-state index contributed by atoms with van der Waals surface area (Å²) in [7, 11) is 1.36. The molecule has 0 spiro atoms. The number of carbonyl (C=O) groups is 1. The molecule has 0 fully saturated rings. The summed E-state index contributed by atoms with van der Waals surface area (Å²) in [6.45, 7) is 0. The maximum atomic E-state index is 11.4. The molecule has 3 N–H and O–H groups in total. The van der Waals surface area contributed by atoms with Gasteiger partial charge in [0, 0.05) is 15.8 Å². The van der Waals surface area contributed by atoms with Gasteiger partial charge in [0.05, 0.1) is 7.11 Å². The van der Waals surface area contributed by atoms with E-state index in [1.807, 2.05) is 18.2 Å². The first kappa shape index (κ1) is 11.8. The van der Waals surface area contributed by atoms with Crippen LogP contribution in [0.1, 0.15) is 9.67 Å². The van der Waals surface area contributed by atoms with E-state index in [2.05, 4.69) is 10.1 Å². The molecule has 0 amide bonds. The number of hydrogen-bond acceptors (Lipinski definition) is 4. The molecule has 0 unspecified atom stereocenters. The van der Waals surface area contributed by atoms with Gasteiger partial charge in [-0.1, -0.05) is 6.07 Å². The summed E-state index contributed by atoms with van der Waals surface area (Å²) < 4.78 is 5.67. The van der Waals surface area contributed by atoms with Crippen molar-refractivity contribution >= 4 is 50.4 Å². The van der Waals surface area contributed by atoms with Crippen molar-refractivity contribution in [2.75, 3.05) is 12.4 Å². The molecule has 6 heteroatoms. The standard InChI is InChI=1S/C11H10N2O2S2/c1-15-10(14)9-5-6-7(13-11(12)16)3-2-4-8(6)17-9/h2-5H,1H3,(H3,12,13,16). The zero-order valence-corrected chi connectivity index (χ0v) is 10.7. The van der Waals surface area contributed by atoms with Crippen molar-refractivity contribution in [3.05, 3.63) is 29.1 Å². The predicted octanol–water partition coefficient (Wildman–Crippen LogP) is 2.34. The minimum atomic E-state index is -0.340. The Morgan fingerprint density at radius 1 is 1.53 bits per heavy atom. The Kier molecular flexibility index (Phi) is 3.26. The predicted molar refractivity (Wildman–Crippen MR) is 73.6 cm³/mol. The molecule has 0 aliphatic heterocycles. The minimum absolute atomic E-state index is 0.198. The number of esters is 1. The lowest BCUT2D eigenvalue weighted by Crippen LogP contribution is -2.18. The van der Waals surface area contributed by atoms with Crippen LogP contribution in [0.2, 0.25) is 0 Å². The second-order valence-electron chi connectivity index (χ2n) is 3.31. The van der Waals surface area contributed by atoms with Crippen LogP contribution in [0.25, 0.3) is 10.1 Å². The molecule has 4 nitrogen and oxygen atoms in total. The van der Waals surface area contributed by atoms with Crippen molar-refractivity contribution in [3.63, 3.8) is 0 Å². The zero-order valence-electron chi connectivity index (χ0n) is 9.02. The van der Waals surface area contributed by atoms with Crippen molar-refractivity contribution in [2.24, 2.45) is 5.73 Å². The number of methoxy groups -OCH3 is 1. The van der Waals surface area contributed by atoms with E-state index in [9.17, 15) is 4.79 Å². The Balaban J connectivity index is 2.52. The second kappa shape index (κ2) is 4.68. The third-order valence-corrected chi connectivity index (χ3v) is 3.39. The van der Waals surface area contributed by atoms with Crippen LogP contribution in [0, 0.1) is 0 Å². The first-order valence-electron chi connectivity index (χ1n) is 4.79. The molecule has 88 valence electrons. The SMILES string of the molecule is COC(=O)c1cc2c(NC(N)=S)cccc2s1. The number of rotatable bonds is 2. The largest absolute Gasteiger partial charge is 0.465 e. The third kappa shape index (κ3) is 2.37. The van der Waals surface area contributed by atoms with Crippen molar-refractivity contribution in [3.8, 4) is 0 Å². The molecule has 17 heavy (non-hydrogen) atoms. The number of nitrogens with two attached hydrogens (primary N) is 1. The number of ether oxygens (including phenoxy) is 1. The summed E-state index contributed by atoms with van der Waals surface area (Å²) in [6.07, 6.45) is 0. The molecule has 0 saturated carbocycles. The lowest BCUT2D eigenvalue weighted by Gasteiger charge is -2.04. The van der Waals surface area contributed by atoms with Gasteiger partial charge in [-0.05, 0) is 30.4 Å². The van der Waals surface area contributed by atoms with Gasteiger partial charge in [-0.25, -0.2) is 4.79 Å². The number of benzene rings is 1. The van der Waals surface area contributed by atoms with E-state index in [0.29, 0.717) is 4.88 Å². The van der Waals surface area contributed by atoms with Crippen LogP contribution in [0.4, 0.5) is 5.69 Å². The van der Waals surface area contributed by atoms with Crippen LogP contribution in [0.5, 0.6) is 0 Å². The quantitative estimate of drug-likeness (QED) is 0.645. The van der Waals surface area contributed by atoms with Crippen LogP contribution < -0.4 is 11.1 Å². The van der Waals surface area contributed by atoms with E-state index in [-0.39, 0.29) is 11.1 Å². The van der Waals surface area contributed by atoms with Crippen molar-refractivity contribution < 1.29 is 9.53 Å². The Labute approximate surface area is 107 Å². The minimum Gasteiger partial charge on any atom is -0.465 e. The topological polar surface area (TPSA) is 64.3 Å². The van der Waals surface area contributed by atoms with Gasteiger partial charge in [0.2, 0.25) is 0 Å². The molecular formula is C11H10N2O2S2. The summed E-state index contributed by atoms with van der Waals surface area (Å²) in [4.78, 5) is 12.0. The van der Waals surface area contributed by atoms with Gasteiger partial charge in [0.15, 0.2) is 5.11 Å². The second-order valence-corrected chi connectivity index (χ2v) is 4.83. The molecule has 1 aromatic heterocycles. The van der Waals surface area contributed by atoms with Gasteiger partial charge in [-0.2, -0.15) is 0 Å².